The van der Waals surface area contributed by atoms with Crippen LogP contribution < -0.4 is 10.9 Å². The Morgan fingerprint density at radius 1 is 1.23 bits per heavy atom. The van der Waals surface area contributed by atoms with Gasteiger partial charge in [-0.05, 0) is 55.9 Å². The lowest BCUT2D eigenvalue weighted by Gasteiger charge is -2.21. The van der Waals surface area contributed by atoms with Crippen molar-refractivity contribution >= 4 is 5.91 Å². The molecular formula is C18H18F3N3O2. The third-order valence-corrected chi connectivity index (χ3v) is 4.61. The number of hydrogen-bond acceptors (Lipinski definition) is 3. The van der Waals surface area contributed by atoms with Crippen molar-refractivity contribution in [3.8, 4) is 0 Å². The molecule has 2 aromatic heterocycles. The van der Waals surface area contributed by atoms with Crippen LogP contribution in [0.3, 0.4) is 0 Å². The summed E-state index contributed by atoms with van der Waals surface area (Å²) >= 11 is 0. The number of hydrogen-bond donors (Lipinski definition) is 2. The molecule has 8 heteroatoms. The number of alkyl halides is 3. The van der Waals surface area contributed by atoms with Crippen molar-refractivity contribution in [2.75, 3.05) is 0 Å². The summed E-state index contributed by atoms with van der Waals surface area (Å²) < 4.78 is 37.6. The van der Waals surface area contributed by atoms with Crippen LogP contribution in [0.25, 0.3) is 0 Å². The van der Waals surface area contributed by atoms with Gasteiger partial charge in [-0.25, -0.2) is 0 Å². The first-order valence-electron chi connectivity index (χ1n) is 8.32. The molecule has 0 unspecified atom stereocenters. The molecule has 0 saturated heterocycles. The number of fused-ring (bicyclic) bond motifs is 1. The fraction of sp³-hybridized carbons (Fsp3) is 0.389. The van der Waals surface area contributed by atoms with Crippen LogP contribution in [0.15, 0.2) is 23.1 Å². The molecule has 0 aromatic carbocycles. The molecule has 0 fully saturated rings. The molecule has 0 radical (unpaired) electrons. The average molecular weight is 365 g/mol. The zero-order valence-electron chi connectivity index (χ0n) is 14.2. The number of amides is 1. The Hall–Kier alpha value is -2.64. The maximum atomic E-state index is 12.5. The maximum Gasteiger partial charge on any atom is 0.417 e. The fourth-order valence-corrected chi connectivity index (χ4v) is 3.25. The van der Waals surface area contributed by atoms with E-state index >= 15 is 0 Å². The first-order chi connectivity index (χ1) is 12.3. The molecule has 2 N–H and O–H groups in total. The van der Waals surface area contributed by atoms with Gasteiger partial charge in [-0.15, -0.1) is 0 Å². The molecule has 5 nitrogen and oxygen atoms in total. The highest BCUT2D eigenvalue weighted by Gasteiger charge is 2.31. The summed E-state index contributed by atoms with van der Waals surface area (Å²) in [6.45, 7) is 1.87. The van der Waals surface area contributed by atoms with Crippen LogP contribution in [0.1, 0.15) is 51.3 Å². The number of halogens is 3. The normalized spacial score (nSPS) is 14.0. The number of aromatic amines is 1. The summed E-state index contributed by atoms with van der Waals surface area (Å²) in [5.41, 5.74) is 2.15. The zero-order valence-corrected chi connectivity index (χ0v) is 14.2. The smallest absolute Gasteiger partial charge is 0.346 e. The number of H-pyrrole nitrogens is 1. The molecule has 2 aromatic rings. The lowest BCUT2D eigenvalue weighted by atomic mass is 9.88. The molecular weight excluding hydrogens is 347 g/mol. The van der Waals surface area contributed by atoms with Crippen LogP contribution in [0.2, 0.25) is 0 Å². The van der Waals surface area contributed by atoms with E-state index in [1.165, 1.54) is 0 Å². The summed E-state index contributed by atoms with van der Waals surface area (Å²) in [6, 6.07) is 1.83. The molecule has 0 bridgehead atoms. The predicted octanol–water partition coefficient (Wildman–Crippen LogP) is 2.91. The first kappa shape index (κ1) is 18.2. The molecule has 138 valence electrons. The molecule has 2 heterocycles. The van der Waals surface area contributed by atoms with Gasteiger partial charge in [0.25, 0.3) is 11.5 Å². The number of carbonyl (C=O) groups excluding carboxylic acids is 1. The molecule has 0 saturated carbocycles. The third-order valence-electron chi connectivity index (χ3n) is 4.61. The molecule has 1 amide bonds. The minimum absolute atomic E-state index is 0.0134. The Labute approximate surface area is 147 Å². The van der Waals surface area contributed by atoms with Crippen LogP contribution >= 0.6 is 0 Å². The van der Waals surface area contributed by atoms with E-state index in [1.807, 2.05) is 6.92 Å². The molecule has 1 aliphatic rings. The van der Waals surface area contributed by atoms with Gasteiger partial charge in [0.15, 0.2) is 0 Å². The maximum absolute atomic E-state index is 12.5. The van der Waals surface area contributed by atoms with Gasteiger partial charge in [0, 0.05) is 24.0 Å². The van der Waals surface area contributed by atoms with E-state index in [-0.39, 0.29) is 17.8 Å². The van der Waals surface area contributed by atoms with E-state index in [2.05, 4.69) is 15.3 Å². The minimum Gasteiger partial charge on any atom is -0.346 e. The van der Waals surface area contributed by atoms with Crippen molar-refractivity contribution in [1.29, 1.82) is 0 Å². The summed E-state index contributed by atoms with van der Waals surface area (Å²) in [7, 11) is 0. The Bertz CT molecular complexity index is 886. The summed E-state index contributed by atoms with van der Waals surface area (Å²) in [5, 5.41) is 2.58. The number of carbonyl (C=O) groups is 1. The minimum atomic E-state index is -4.50. The second kappa shape index (κ2) is 6.93. The Kier molecular flexibility index (Phi) is 4.84. The van der Waals surface area contributed by atoms with Crippen molar-refractivity contribution in [2.45, 2.75) is 45.3 Å². The molecule has 3 rings (SSSR count). The van der Waals surface area contributed by atoms with E-state index in [9.17, 15) is 22.8 Å². The van der Waals surface area contributed by atoms with Crippen LogP contribution in [0, 0.1) is 6.92 Å². The van der Waals surface area contributed by atoms with E-state index in [4.69, 9.17) is 0 Å². The molecule has 26 heavy (non-hydrogen) atoms. The Balaban J connectivity index is 1.77. The summed E-state index contributed by atoms with van der Waals surface area (Å²) in [5.74, 6) is -0.622. The number of aromatic nitrogens is 2. The second-order valence-corrected chi connectivity index (χ2v) is 6.33. The number of nitrogens with zero attached hydrogens (tertiary/aromatic N) is 1. The third kappa shape index (κ3) is 3.63. The SMILES string of the molecule is Cc1[nH]c(=O)c(CNC(=O)c2ccc(C(F)(F)F)cn2)c2c1CCCC2. The summed E-state index contributed by atoms with van der Waals surface area (Å²) in [6.07, 6.45) is -0.173. The van der Waals surface area contributed by atoms with Crippen LogP contribution in [-0.4, -0.2) is 15.9 Å². The van der Waals surface area contributed by atoms with E-state index < -0.39 is 17.6 Å². The van der Waals surface area contributed by atoms with Crippen LogP contribution in [0.5, 0.6) is 0 Å². The highest BCUT2D eigenvalue weighted by atomic mass is 19.4. The van der Waals surface area contributed by atoms with E-state index in [1.54, 1.807) is 0 Å². The van der Waals surface area contributed by atoms with E-state index in [0.717, 1.165) is 54.6 Å². The zero-order chi connectivity index (χ0) is 18.9. The molecule has 0 aliphatic heterocycles. The quantitative estimate of drug-likeness (QED) is 0.878. The van der Waals surface area contributed by atoms with Gasteiger partial charge in [-0.1, -0.05) is 0 Å². The summed E-state index contributed by atoms with van der Waals surface area (Å²) in [4.78, 5) is 30.8. The van der Waals surface area contributed by atoms with Crippen molar-refractivity contribution in [2.24, 2.45) is 0 Å². The first-order valence-corrected chi connectivity index (χ1v) is 8.32. The Morgan fingerprint density at radius 2 is 1.92 bits per heavy atom. The van der Waals surface area contributed by atoms with Crippen molar-refractivity contribution < 1.29 is 18.0 Å². The number of nitrogens with one attached hydrogen (secondary N) is 2. The standard InChI is InChI=1S/C18H18F3N3O2/c1-10-12-4-2-3-5-13(12)14(16(25)24-10)9-23-17(26)15-7-6-11(8-22-15)18(19,20)21/h6-8H,2-5,9H2,1H3,(H,23,26)(H,24,25). The van der Waals surface area contributed by atoms with Crippen molar-refractivity contribution in [3.63, 3.8) is 0 Å². The van der Waals surface area contributed by atoms with Crippen LogP contribution in [0.4, 0.5) is 13.2 Å². The number of rotatable bonds is 3. The number of aryl methyl sites for hydroxylation is 1. The number of pyridine rings is 2. The van der Waals surface area contributed by atoms with Crippen LogP contribution in [-0.2, 0) is 25.6 Å². The van der Waals surface area contributed by atoms with Gasteiger partial charge in [-0.2, -0.15) is 13.2 Å². The van der Waals surface area contributed by atoms with Gasteiger partial charge in [0.1, 0.15) is 5.69 Å². The van der Waals surface area contributed by atoms with Gasteiger partial charge in [-0.3, -0.25) is 14.6 Å². The predicted molar refractivity (Wildman–Crippen MR) is 88.9 cm³/mol. The van der Waals surface area contributed by atoms with Gasteiger partial charge < -0.3 is 10.3 Å². The monoisotopic (exact) mass is 365 g/mol. The highest BCUT2D eigenvalue weighted by molar-refractivity contribution is 5.92. The van der Waals surface area contributed by atoms with Crippen molar-refractivity contribution in [3.05, 3.63) is 62.3 Å². The topological polar surface area (TPSA) is 74.8 Å². The molecule has 0 atom stereocenters. The Morgan fingerprint density at radius 3 is 2.54 bits per heavy atom. The van der Waals surface area contributed by atoms with E-state index in [0.29, 0.717) is 11.8 Å². The van der Waals surface area contributed by atoms with Gasteiger partial charge in [0.2, 0.25) is 0 Å². The molecule has 0 spiro atoms. The van der Waals surface area contributed by atoms with Gasteiger partial charge >= 0.3 is 6.18 Å². The second-order valence-electron chi connectivity index (χ2n) is 6.33. The highest BCUT2D eigenvalue weighted by Crippen LogP contribution is 2.28. The lowest BCUT2D eigenvalue weighted by Crippen LogP contribution is -2.30. The fourth-order valence-electron chi connectivity index (χ4n) is 3.25. The van der Waals surface area contributed by atoms with Crippen molar-refractivity contribution in [1.82, 2.24) is 15.3 Å². The lowest BCUT2D eigenvalue weighted by molar-refractivity contribution is -0.137. The average Bonchev–Trinajstić information content (AvgIpc) is 2.60. The van der Waals surface area contributed by atoms with Gasteiger partial charge in [0.05, 0.1) is 5.56 Å². The largest absolute Gasteiger partial charge is 0.417 e. The molecule has 1 aliphatic carbocycles.